The van der Waals surface area contributed by atoms with Crippen molar-refractivity contribution in [2.75, 3.05) is 11.1 Å². The molecule has 0 spiro atoms. The number of halogens is 1. The summed E-state index contributed by atoms with van der Waals surface area (Å²) >= 11 is 2.21. The quantitative estimate of drug-likeness (QED) is 0.331. The Hall–Kier alpha value is -3.50. The number of nitrogens with zero attached hydrogens (tertiary/aromatic N) is 2. The number of carbonyl (C=O) groups is 2. The molecule has 2 aromatic carbocycles. The third kappa shape index (κ3) is 4.27. The van der Waals surface area contributed by atoms with Crippen LogP contribution in [0.2, 0.25) is 0 Å². The average molecular weight is 469 g/mol. The van der Waals surface area contributed by atoms with Crippen LogP contribution in [0.15, 0.2) is 63.9 Å². The minimum atomic E-state index is -0.638. The van der Waals surface area contributed by atoms with Crippen molar-refractivity contribution in [1.29, 1.82) is 0 Å². The predicted octanol–water partition coefficient (Wildman–Crippen LogP) is 3.72. The van der Waals surface area contributed by atoms with Gasteiger partial charge in [0, 0.05) is 0 Å². The number of amides is 2. The third-order valence-corrected chi connectivity index (χ3v) is 6.44. The van der Waals surface area contributed by atoms with Crippen molar-refractivity contribution < 1.29 is 14.0 Å². The second-order valence-corrected chi connectivity index (χ2v) is 8.71. The molecule has 7 nitrogen and oxygen atoms in total. The van der Waals surface area contributed by atoms with Crippen molar-refractivity contribution in [2.45, 2.75) is 12.1 Å². The number of rotatable bonds is 6. The van der Waals surface area contributed by atoms with Crippen molar-refractivity contribution in [3.8, 4) is 5.69 Å². The van der Waals surface area contributed by atoms with Gasteiger partial charge in [-0.15, -0.1) is 11.3 Å². The first-order valence-corrected chi connectivity index (χ1v) is 11.3. The fourth-order valence-corrected chi connectivity index (χ4v) is 4.67. The standard InChI is InChI=1S/C22H17FN4O3S2/c1-12-6-7-13(10-16(12)23)27-21(30)14-4-2-3-5-17(14)25-22(27)32-11-18(28)26-20-15(19(24)29)8-9-31-20/h2-10H,11H2,1H3,(H2,24,29)(H,26,28). The van der Waals surface area contributed by atoms with E-state index in [1.165, 1.54) is 28.0 Å². The van der Waals surface area contributed by atoms with Gasteiger partial charge in [-0.05, 0) is 48.2 Å². The molecule has 162 valence electrons. The number of para-hydroxylation sites is 1. The summed E-state index contributed by atoms with van der Waals surface area (Å²) < 4.78 is 15.5. The van der Waals surface area contributed by atoms with Gasteiger partial charge >= 0.3 is 0 Å². The Morgan fingerprint density at radius 1 is 1.22 bits per heavy atom. The molecule has 3 N–H and O–H groups in total. The van der Waals surface area contributed by atoms with Gasteiger partial charge in [-0.25, -0.2) is 9.37 Å². The van der Waals surface area contributed by atoms with Crippen molar-refractivity contribution in [3.63, 3.8) is 0 Å². The maximum atomic E-state index is 14.2. The zero-order chi connectivity index (χ0) is 22.8. The summed E-state index contributed by atoms with van der Waals surface area (Å²) in [6.45, 7) is 1.63. The lowest BCUT2D eigenvalue weighted by molar-refractivity contribution is -0.113. The number of benzene rings is 2. The average Bonchev–Trinajstić information content (AvgIpc) is 3.23. The molecular formula is C22H17FN4O3S2. The van der Waals surface area contributed by atoms with Crippen LogP contribution in [-0.2, 0) is 4.79 Å². The second kappa shape index (κ2) is 8.93. The number of carbonyl (C=O) groups excluding carboxylic acids is 2. The van der Waals surface area contributed by atoms with Crippen molar-refractivity contribution in [3.05, 3.63) is 81.2 Å². The van der Waals surface area contributed by atoms with Gasteiger partial charge in [0.15, 0.2) is 5.16 Å². The number of hydrogen-bond donors (Lipinski definition) is 2. The number of fused-ring (bicyclic) bond motifs is 1. The van der Waals surface area contributed by atoms with Crippen LogP contribution in [0.4, 0.5) is 9.39 Å². The molecule has 0 atom stereocenters. The molecule has 0 aliphatic heterocycles. The zero-order valence-electron chi connectivity index (χ0n) is 16.8. The summed E-state index contributed by atoms with van der Waals surface area (Å²) in [4.78, 5) is 41.7. The first-order chi connectivity index (χ1) is 15.3. The van der Waals surface area contributed by atoms with E-state index in [4.69, 9.17) is 5.73 Å². The van der Waals surface area contributed by atoms with Crippen LogP contribution in [0.3, 0.4) is 0 Å². The molecule has 4 rings (SSSR count). The van der Waals surface area contributed by atoms with E-state index in [1.807, 2.05) is 0 Å². The molecular weight excluding hydrogens is 451 g/mol. The molecule has 0 fully saturated rings. The molecule has 0 unspecified atom stereocenters. The first-order valence-electron chi connectivity index (χ1n) is 9.43. The molecule has 2 heterocycles. The number of nitrogens with one attached hydrogen (secondary N) is 1. The van der Waals surface area contributed by atoms with E-state index >= 15 is 0 Å². The summed E-state index contributed by atoms with van der Waals surface area (Å²) in [6, 6.07) is 12.8. The number of aromatic nitrogens is 2. The minimum absolute atomic E-state index is 0.0881. The molecule has 0 bridgehead atoms. The van der Waals surface area contributed by atoms with Crippen LogP contribution >= 0.6 is 23.1 Å². The van der Waals surface area contributed by atoms with E-state index in [1.54, 1.807) is 48.7 Å². The molecule has 0 saturated carbocycles. The van der Waals surface area contributed by atoms with E-state index in [-0.39, 0.29) is 22.0 Å². The molecule has 0 aliphatic rings. The molecule has 32 heavy (non-hydrogen) atoms. The van der Waals surface area contributed by atoms with Crippen molar-refractivity contribution in [1.82, 2.24) is 9.55 Å². The minimum Gasteiger partial charge on any atom is -0.366 e. The molecule has 0 radical (unpaired) electrons. The third-order valence-electron chi connectivity index (χ3n) is 4.67. The van der Waals surface area contributed by atoms with Crippen LogP contribution in [0, 0.1) is 12.7 Å². The number of primary amides is 1. The number of thiophene rings is 1. The van der Waals surface area contributed by atoms with Crippen molar-refractivity contribution >= 4 is 50.8 Å². The maximum Gasteiger partial charge on any atom is 0.266 e. The number of nitrogens with two attached hydrogens (primary N) is 1. The van der Waals surface area contributed by atoms with Gasteiger partial charge in [0.25, 0.3) is 11.5 Å². The lowest BCUT2D eigenvalue weighted by Crippen LogP contribution is -2.23. The van der Waals surface area contributed by atoms with E-state index < -0.39 is 17.6 Å². The highest BCUT2D eigenvalue weighted by Gasteiger charge is 2.17. The van der Waals surface area contributed by atoms with E-state index in [0.29, 0.717) is 27.2 Å². The lowest BCUT2D eigenvalue weighted by atomic mass is 10.2. The number of aryl methyl sites for hydroxylation is 1. The van der Waals surface area contributed by atoms with Crippen LogP contribution in [-0.4, -0.2) is 27.1 Å². The summed E-state index contributed by atoms with van der Waals surface area (Å²) in [5, 5.41) is 5.28. The lowest BCUT2D eigenvalue weighted by Gasteiger charge is -2.14. The summed E-state index contributed by atoms with van der Waals surface area (Å²) in [7, 11) is 0. The van der Waals surface area contributed by atoms with Gasteiger partial charge in [0.2, 0.25) is 5.91 Å². The molecule has 4 aromatic rings. The van der Waals surface area contributed by atoms with Crippen LogP contribution < -0.4 is 16.6 Å². The van der Waals surface area contributed by atoms with Crippen LogP contribution in [0.5, 0.6) is 0 Å². The zero-order valence-corrected chi connectivity index (χ0v) is 18.4. The highest BCUT2D eigenvalue weighted by molar-refractivity contribution is 7.99. The van der Waals surface area contributed by atoms with Gasteiger partial charge < -0.3 is 11.1 Å². The fourth-order valence-electron chi connectivity index (χ4n) is 3.05. The smallest absolute Gasteiger partial charge is 0.266 e. The highest BCUT2D eigenvalue weighted by atomic mass is 32.2. The predicted molar refractivity (Wildman–Crippen MR) is 124 cm³/mol. The summed E-state index contributed by atoms with van der Waals surface area (Å²) in [6.07, 6.45) is 0. The van der Waals surface area contributed by atoms with Gasteiger partial charge in [-0.1, -0.05) is 30.0 Å². The maximum absolute atomic E-state index is 14.2. The van der Waals surface area contributed by atoms with E-state index in [9.17, 15) is 18.8 Å². The van der Waals surface area contributed by atoms with Gasteiger partial charge in [0.1, 0.15) is 10.8 Å². The second-order valence-electron chi connectivity index (χ2n) is 6.85. The van der Waals surface area contributed by atoms with E-state index in [2.05, 4.69) is 10.3 Å². The van der Waals surface area contributed by atoms with Crippen molar-refractivity contribution in [2.24, 2.45) is 5.73 Å². The molecule has 0 saturated heterocycles. The number of thioether (sulfide) groups is 1. The summed E-state index contributed by atoms with van der Waals surface area (Å²) in [5.41, 5.74) is 6.40. The Labute approximate surface area is 190 Å². The Bertz CT molecular complexity index is 1410. The van der Waals surface area contributed by atoms with Crippen LogP contribution in [0.25, 0.3) is 16.6 Å². The van der Waals surface area contributed by atoms with Gasteiger partial charge in [0.05, 0.1) is 27.9 Å². The van der Waals surface area contributed by atoms with Crippen LogP contribution in [0.1, 0.15) is 15.9 Å². The number of anilines is 1. The first kappa shape index (κ1) is 21.7. The summed E-state index contributed by atoms with van der Waals surface area (Å²) in [5.74, 6) is -1.58. The fraction of sp³-hybridized carbons (Fsp3) is 0.0909. The Morgan fingerprint density at radius 2 is 2.00 bits per heavy atom. The Balaban J connectivity index is 1.69. The topological polar surface area (TPSA) is 107 Å². The Morgan fingerprint density at radius 3 is 2.75 bits per heavy atom. The van der Waals surface area contributed by atoms with E-state index in [0.717, 1.165) is 11.8 Å². The molecule has 10 heteroatoms. The molecule has 2 aromatic heterocycles. The largest absolute Gasteiger partial charge is 0.366 e. The molecule has 2 amide bonds. The van der Waals surface area contributed by atoms with Gasteiger partial charge in [-0.3, -0.25) is 19.0 Å². The highest BCUT2D eigenvalue weighted by Crippen LogP contribution is 2.25. The molecule has 0 aliphatic carbocycles. The normalized spacial score (nSPS) is 10.9. The Kier molecular flexibility index (Phi) is 6.06. The van der Waals surface area contributed by atoms with Gasteiger partial charge in [-0.2, -0.15) is 0 Å². The number of hydrogen-bond acceptors (Lipinski definition) is 6. The SMILES string of the molecule is Cc1ccc(-n2c(SCC(=O)Nc3sccc3C(N)=O)nc3ccccc3c2=O)cc1F. The monoisotopic (exact) mass is 468 g/mol.